The zero-order valence-electron chi connectivity index (χ0n) is 13.7. The van der Waals surface area contributed by atoms with Gasteiger partial charge in [0.1, 0.15) is 5.75 Å². The van der Waals surface area contributed by atoms with Gasteiger partial charge in [0, 0.05) is 23.4 Å². The van der Waals surface area contributed by atoms with Crippen molar-refractivity contribution in [2.24, 2.45) is 0 Å². The molecule has 0 saturated carbocycles. The van der Waals surface area contributed by atoms with Crippen LogP contribution in [-0.2, 0) is 4.79 Å². The molecule has 0 bridgehead atoms. The van der Waals surface area contributed by atoms with Crippen molar-refractivity contribution in [1.29, 1.82) is 0 Å². The number of anilines is 1. The third kappa shape index (κ3) is 5.20. The highest BCUT2D eigenvalue weighted by atomic mass is 19.3. The topological polar surface area (TPSA) is 56.8 Å². The maximum atomic E-state index is 12.4. The molecule has 2 rings (SSSR count). The maximum absolute atomic E-state index is 12.4. The van der Waals surface area contributed by atoms with Crippen LogP contribution in [0, 0.1) is 0 Å². The fourth-order valence-corrected chi connectivity index (χ4v) is 2.08. The van der Waals surface area contributed by atoms with Crippen LogP contribution >= 0.6 is 0 Å². The van der Waals surface area contributed by atoms with Crippen molar-refractivity contribution in [1.82, 2.24) is 0 Å². The van der Waals surface area contributed by atoms with Crippen LogP contribution < -0.4 is 19.5 Å². The Hall–Kier alpha value is -3.09. The summed E-state index contributed by atoms with van der Waals surface area (Å²) in [6.45, 7) is -2.94. The highest BCUT2D eigenvalue weighted by Gasteiger charge is 2.08. The molecule has 1 N–H and O–H groups in total. The fraction of sp³-hybridized carbons (Fsp3) is 0.167. The van der Waals surface area contributed by atoms with Crippen LogP contribution in [0.1, 0.15) is 5.56 Å². The lowest BCUT2D eigenvalue weighted by atomic mass is 10.2. The summed E-state index contributed by atoms with van der Waals surface area (Å²) in [5, 5.41) is 2.65. The third-order valence-corrected chi connectivity index (χ3v) is 3.20. The molecular weight excluding hydrogens is 332 g/mol. The molecule has 7 heteroatoms. The number of para-hydroxylation sites is 1. The number of rotatable bonds is 7. The minimum absolute atomic E-state index is 0.00679. The van der Waals surface area contributed by atoms with E-state index in [-0.39, 0.29) is 5.75 Å². The van der Waals surface area contributed by atoms with Crippen LogP contribution in [0.3, 0.4) is 0 Å². The summed E-state index contributed by atoms with van der Waals surface area (Å²) in [7, 11) is 3.00. The number of methoxy groups -OCH3 is 2. The first-order valence-electron chi connectivity index (χ1n) is 7.28. The van der Waals surface area contributed by atoms with Gasteiger partial charge in [0.05, 0.1) is 14.2 Å². The molecule has 1 amide bonds. The average molecular weight is 349 g/mol. The molecule has 0 aliphatic rings. The average Bonchev–Trinajstić information content (AvgIpc) is 2.60. The fourth-order valence-electron chi connectivity index (χ4n) is 2.08. The van der Waals surface area contributed by atoms with Gasteiger partial charge >= 0.3 is 6.61 Å². The molecule has 132 valence electrons. The van der Waals surface area contributed by atoms with Gasteiger partial charge in [-0.15, -0.1) is 0 Å². The van der Waals surface area contributed by atoms with E-state index >= 15 is 0 Å². The number of ether oxygens (including phenoxy) is 3. The van der Waals surface area contributed by atoms with Crippen LogP contribution in [0.15, 0.2) is 48.5 Å². The molecule has 0 aliphatic heterocycles. The Labute approximate surface area is 143 Å². The minimum atomic E-state index is -2.94. The molecular formula is C18H17F2NO4. The van der Waals surface area contributed by atoms with Gasteiger partial charge < -0.3 is 19.5 Å². The van der Waals surface area contributed by atoms with Gasteiger partial charge in [0.2, 0.25) is 5.91 Å². The number of amides is 1. The Bertz CT molecular complexity index is 762. The summed E-state index contributed by atoms with van der Waals surface area (Å²) < 4.78 is 39.4. The lowest BCUT2D eigenvalue weighted by molar-refractivity contribution is -0.111. The van der Waals surface area contributed by atoms with E-state index < -0.39 is 12.5 Å². The van der Waals surface area contributed by atoms with Crippen molar-refractivity contribution < 1.29 is 27.8 Å². The van der Waals surface area contributed by atoms with Crippen LogP contribution in [0.4, 0.5) is 14.5 Å². The van der Waals surface area contributed by atoms with E-state index in [0.717, 1.165) is 0 Å². The van der Waals surface area contributed by atoms with Crippen molar-refractivity contribution >= 4 is 17.7 Å². The summed E-state index contributed by atoms with van der Waals surface area (Å²) in [5.74, 6) is 0.570. The maximum Gasteiger partial charge on any atom is 0.387 e. The monoisotopic (exact) mass is 349 g/mol. The second kappa shape index (κ2) is 8.68. The normalized spacial score (nSPS) is 10.8. The molecule has 0 unspecified atom stereocenters. The first-order chi connectivity index (χ1) is 12.0. The van der Waals surface area contributed by atoms with Gasteiger partial charge in [-0.05, 0) is 24.3 Å². The molecule has 0 saturated heterocycles. The molecule has 5 nitrogen and oxygen atoms in total. The number of nitrogens with one attached hydrogen (secondary N) is 1. The lowest BCUT2D eigenvalue weighted by Gasteiger charge is -2.10. The molecule has 2 aromatic carbocycles. The highest BCUT2D eigenvalue weighted by molar-refractivity contribution is 6.02. The van der Waals surface area contributed by atoms with E-state index in [0.29, 0.717) is 22.7 Å². The second-order valence-corrected chi connectivity index (χ2v) is 4.81. The quantitative estimate of drug-likeness (QED) is 0.769. The van der Waals surface area contributed by atoms with Gasteiger partial charge in [-0.1, -0.05) is 18.2 Å². The number of carbonyl (C=O) groups excluding carboxylic acids is 1. The van der Waals surface area contributed by atoms with Crippen molar-refractivity contribution in [3.63, 3.8) is 0 Å². The summed E-state index contributed by atoms with van der Waals surface area (Å²) in [6, 6.07) is 11.1. The molecule has 0 fully saturated rings. The zero-order chi connectivity index (χ0) is 18.2. The van der Waals surface area contributed by atoms with Gasteiger partial charge in [0.15, 0.2) is 11.5 Å². The summed E-state index contributed by atoms with van der Waals surface area (Å²) >= 11 is 0. The van der Waals surface area contributed by atoms with Crippen molar-refractivity contribution in [2.45, 2.75) is 6.61 Å². The summed E-state index contributed by atoms with van der Waals surface area (Å²) in [5.41, 5.74) is 0.870. The molecule has 0 radical (unpaired) electrons. The van der Waals surface area contributed by atoms with Crippen LogP contribution in [0.2, 0.25) is 0 Å². The second-order valence-electron chi connectivity index (χ2n) is 4.81. The Kier molecular flexibility index (Phi) is 6.33. The number of halogens is 2. The molecule has 0 heterocycles. The van der Waals surface area contributed by atoms with Gasteiger partial charge in [-0.25, -0.2) is 0 Å². The van der Waals surface area contributed by atoms with E-state index in [1.54, 1.807) is 36.4 Å². The van der Waals surface area contributed by atoms with E-state index in [1.807, 2.05) is 0 Å². The molecule has 25 heavy (non-hydrogen) atoms. The van der Waals surface area contributed by atoms with Gasteiger partial charge in [0.25, 0.3) is 0 Å². The lowest BCUT2D eigenvalue weighted by Crippen LogP contribution is -2.08. The van der Waals surface area contributed by atoms with Crippen molar-refractivity contribution in [3.05, 3.63) is 54.1 Å². The van der Waals surface area contributed by atoms with E-state index in [1.165, 1.54) is 32.4 Å². The third-order valence-electron chi connectivity index (χ3n) is 3.20. The summed E-state index contributed by atoms with van der Waals surface area (Å²) in [4.78, 5) is 12.0. The van der Waals surface area contributed by atoms with E-state index in [9.17, 15) is 13.6 Å². The van der Waals surface area contributed by atoms with Crippen LogP contribution in [0.5, 0.6) is 17.2 Å². The van der Waals surface area contributed by atoms with Crippen LogP contribution in [-0.4, -0.2) is 26.7 Å². The molecule has 0 aliphatic carbocycles. The molecule has 0 spiro atoms. The molecule has 0 atom stereocenters. The SMILES string of the molecule is COc1ccc(NC(=O)/C=C/c2ccccc2OC(F)F)cc1OC. The summed E-state index contributed by atoms with van der Waals surface area (Å²) in [6.07, 6.45) is 2.62. The predicted octanol–water partition coefficient (Wildman–Crippen LogP) is 3.96. The van der Waals surface area contributed by atoms with Crippen LogP contribution in [0.25, 0.3) is 6.08 Å². The predicted molar refractivity (Wildman–Crippen MR) is 90.3 cm³/mol. The minimum Gasteiger partial charge on any atom is -0.493 e. The Morgan fingerprint density at radius 1 is 1.04 bits per heavy atom. The first-order valence-corrected chi connectivity index (χ1v) is 7.28. The first kappa shape index (κ1) is 18.3. The Balaban J connectivity index is 2.09. The number of alkyl halides is 2. The smallest absolute Gasteiger partial charge is 0.387 e. The molecule has 2 aromatic rings. The largest absolute Gasteiger partial charge is 0.493 e. The number of carbonyl (C=O) groups is 1. The van der Waals surface area contributed by atoms with E-state index in [2.05, 4.69) is 10.1 Å². The number of benzene rings is 2. The standard InChI is InChI=1S/C18H17F2NO4/c1-23-15-9-8-13(11-16(15)24-2)21-17(22)10-7-12-5-3-4-6-14(12)25-18(19)20/h3-11,18H,1-2H3,(H,21,22)/b10-7+. The number of hydrogen-bond donors (Lipinski definition) is 1. The number of hydrogen-bond acceptors (Lipinski definition) is 4. The van der Waals surface area contributed by atoms with E-state index in [4.69, 9.17) is 9.47 Å². The van der Waals surface area contributed by atoms with Crippen molar-refractivity contribution in [2.75, 3.05) is 19.5 Å². The van der Waals surface area contributed by atoms with Gasteiger partial charge in [-0.3, -0.25) is 4.79 Å². The van der Waals surface area contributed by atoms with Gasteiger partial charge in [-0.2, -0.15) is 8.78 Å². The highest BCUT2D eigenvalue weighted by Crippen LogP contribution is 2.29. The Morgan fingerprint density at radius 3 is 2.44 bits per heavy atom. The molecule has 0 aromatic heterocycles. The van der Waals surface area contributed by atoms with Crippen molar-refractivity contribution in [3.8, 4) is 17.2 Å². The Morgan fingerprint density at radius 2 is 1.76 bits per heavy atom. The zero-order valence-corrected chi connectivity index (χ0v) is 13.7.